The third-order valence-corrected chi connectivity index (χ3v) is 4.20. The normalized spacial score (nSPS) is 18.6. The molecule has 0 radical (unpaired) electrons. The van der Waals surface area contributed by atoms with Gasteiger partial charge in [-0.1, -0.05) is 0 Å². The zero-order chi connectivity index (χ0) is 12.9. The van der Waals surface area contributed by atoms with Gasteiger partial charge in [-0.15, -0.1) is 11.3 Å². The molecule has 1 aliphatic rings. The Morgan fingerprint density at radius 3 is 3.26 bits per heavy atom. The monoisotopic (exact) mass is 275 g/mol. The number of nitrogens with zero attached hydrogens (tertiary/aromatic N) is 2. The minimum Gasteiger partial charge on any atom is -0.492 e. The van der Waals surface area contributed by atoms with Crippen LogP contribution in [-0.4, -0.2) is 23.1 Å². The predicted octanol–water partition coefficient (Wildman–Crippen LogP) is 2.58. The average molecular weight is 275 g/mol. The first-order chi connectivity index (χ1) is 9.42. The van der Waals surface area contributed by atoms with Crippen LogP contribution in [0.4, 0.5) is 0 Å². The lowest BCUT2D eigenvalue weighted by molar-refractivity contribution is 0.319. The van der Waals surface area contributed by atoms with E-state index in [0.29, 0.717) is 12.6 Å². The van der Waals surface area contributed by atoms with Crippen LogP contribution in [0.3, 0.4) is 0 Å². The van der Waals surface area contributed by atoms with Crippen molar-refractivity contribution in [2.24, 2.45) is 0 Å². The first kappa shape index (κ1) is 12.6. The largest absolute Gasteiger partial charge is 0.492 e. The molecule has 2 aromatic heterocycles. The number of hydrogen-bond donors (Lipinski definition) is 1. The molecule has 1 N–H and O–H groups in total. The van der Waals surface area contributed by atoms with Crippen molar-refractivity contribution in [1.82, 2.24) is 15.3 Å². The number of hydrogen-bond acceptors (Lipinski definition) is 5. The maximum absolute atomic E-state index is 5.63. The molecule has 3 rings (SSSR count). The third kappa shape index (κ3) is 3.30. The van der Waals surface area contributed by atoms with E-state index in [1.54, 1.807) is 23.7 Å². The van der Waals surface area contributed by atoms with Gasteiger partial charge in [0.05, 0.1) is 24.5 Å². The molecule has 1 saturated heterocycles. The van der Waals surface area contributed by atoms with Crippen molar-refractivity contribution < 1.29 is 4.74 Å². The summed E-state index contributed by atoms with van der Waals surface area (Å²) in [4.78, 5) is 8.70. The summed E-state index contributed by atoms with van der Waals surface area (Å²) in [5.41, 5.74) is 1.12. The van der Waals surface area contributed by atoms with Gasteiger partial charge in [0, 0.05) is 18.0 Å². The van der Waals surface area contributed by atoms with Gasteiger partial charge in [-0.2, -0.15) is 0 Å². The van der Waals surface area contributed by atoms with Crippen LogP contribution in [0.1, 0.15) is 29.6 Å². The number of thiazole rings is 1. The van der Waals surface area contributed by atoms with E-state index in [4.69, 9.17) is 4.74 Å². The van der Waals surface area contributed by atoms with Crippen molar-refractivity contribution in [3.05, 3.63) is 40.6 Å². The molecule has 100 valence electrons. The average Bonchev–Trinajstić information content (AvgIpc) is 3.10. The highest BCUT2D eigenvalue weighted by Gasteiger charge is 2.19. The van der Waals surface area contributed by atoms with Crippen molar-refractivity contribution in [3.8, 4) is 5.75 Å². The zero-order valence-electron chi connectivity index (χ0n) is 10.7. The molecule has 0 bridgehead atoms. The predicted molar refractivity (Wildman–Crippen MR) is 75.5 cm³/mol. The molecule has 5 heteroatoms. The second kappa shape index (κ2) is 6.12. The lowest BCUT2D eigenvalue weighted by Crippen LogP contribution is -2.12. The second-order valence-corrected chi connectivity index (χ2v) is 5.50. The van der Waals surface area contributed by atoms with Gasteiger partial charge >= 0.3 is 0 Å². The Bertz CT molecular complexity index is 508. The molecule has 0 saturated carbocycles. The molecule has 3 heterocycles. The highest BCUT2D eigenvalue weighted by Crippen LogP contribution is 2.25. The Balaban J connectivity index is 1.50. The minimum atomic E-state index is 0.470. The number of pyridine rings is 1. The lowest BCUT2D eigenvalue weighted by atomic mass is 10.2. The summed E-state index contributed by atoms with van der Waals surface area (Å²) in [6, 6.07) is 4.27. The van der Waals surface area contributed by atoms with E-state index >= 15 is 0 Å². The third-order valence-electron chi connectivity index (χ3n) is 3.19. The van der Waals surface area contributed by atoms with E-state index in [9.17, 15) is 0 Å². The van der Waals surface area contributed by atoms with Crippen LogP contribution in [0.25, 0.3) is 0 Å². The maximum Gasteiger partial charge on any atom is 0.137 e. The number of aromatic nitrogens is 2. The number of nitrogens with one attached hydrogen (secondary N) is 1. The Morgan fingerprint density at radius 1 is 1.47 bits per heavy atom. The van der Waals surface area contributed by atoms with Crippen LogP contribution in [0.2, 0.25) is 0 Å². The first-order valence-corrected chi connectivity index (χ1v) is 7.50. The first-order valence-electron chi connectivity index (χ1n) is 6.62. The lowest BCUT2D eigenvalue weighted by Gasteiger charge is -2.05. The minimum absolute atomic E-state index is 0.470. The molecule has 1 unspecified atom stereocenters. The summed E-state index contributed by atoms with van der Waals surface area (Å²) in [6.45, 7) is 1.76. The van der Waals surface area contributed by atoms with Crippen molar-refractivity contribution >= 4 is 11.3 Å². The van der Waals surface area contributed by atoms with Crippen LogP contribution in [0.15, 0.2) is 29.9 Å². The topological polar surface area (TPSA) is 47.0 Å². The molecule has 1 fully saturated rings. The maximum atomic E-state index is 5.63. The van der Waals surface area contributed by atoms with E-state index in [-0.39, 0.29) is 0 Å². The fourth-order valence-electron chi connectivity index (χ4n) is 2.20. The molecule has 0 aromatic carbocycles. The molecule has 2 aromatic rings. The standard InChI is InChI=1S/C14H17N3OS/c1-3-12(9-15-6-1)18-8-5-11-10-19-14(17-11)13-4-2-7-16-13/h1,3,6,9-10,13,16H,2,4-5,7-8H2. The number of rotatable bonds is 5. The van der Waals surface area contributed by atoms with Crippen molar-refractivity contribution in [2.75, 3.05) is 13.2 Å². The highest BCUT2D eigenvalue weighted by atomic mass is 32.1. The van der Waals surface area contributed by atoms with Crippen molar-refractivity contribution in [3.63, 3.8) is 0 Å². The van der Waals surface area contributed by atoms with Crippen molar-refractivity contribution in [2.45, 2.75) is 25.3 Å². The summed E-state index contributed by atoms with van der Waals surface area (Å²) < 4.78 is 5.63. The highest BCUT2D eigenvalue weighted by molar-refractivity contribution is 7.09. The van der Waals surface area contributed by atoms with Gasteiger partial charge in [-0.25, -0.2) is 4.98 Å². The van der Waals surface area contributed by atoms with Gasteiger partial charge in [-0.3, -0.25) is 4.98 Å². The summed E-state index contributed by atoms with van der Waals surface area (Å²) in [5.74, 6) is 0.815. The van der Waals surface area contributed by atoms with Gasteiger partial charge in [0.15, 0.2) is 0 Å². The van der Waals surface area contributed by atoms with Crippen LogP contribution >= 0.6 is 11.3 Å². The second-order valence-electron chi connectivity index (χ2n) is 4.61. The molecule has 0 spiro atoms. The Kier molecular flexibility index (Phi) is 4.05. The van der Waals surface area contributed by atoms with Gasteiger partial charge in [0.25, 0.3) is 0 Å². The summed E-state index contributed by atoms with van der Waals surface area (Å²) in [7, 11) is 0. The molecule has 1 atom stereocenters. The van der Waals surface area contributed by atoms with Gasteiger partial charge in [0.2, 0.25) is 0 Å². The van der Waals surface area contributed by atoms with Crippen LogP contribution < -0.4 is 10.1 Å². The van der Waals surface area contributed by atoms with E-state index in [2.05, 4.69) is 20.7 Å². The fourth-order valence-corrected chi connectivity index (χ4v) is 3.16. The van der Waals surface area contributed by atoms with E-state index in [1.807, 2.05) is 12.1 Å². The number of ether oxygens (including phenoxy) is 1. The van der Waals surface area contributed by atoms with Crippen LogP contribution in [0.5, 0.6) is 5.75 Å². The molecule has 0 amide bonds. The molecule has 4 nitrogen and oxygen atoms in total. The van der Waals surface area contributed by atoms with Gasteiger partial charge in [-0.05, 0) is 31.5 Å². The molecule has 1 aliphatic heterocycles. The Hall–Kier alpha value is -1.46. The quantitative estimate of drug-likeness (QED) is 0.911. The SMILES string of the molecule is c1cncc(OCCc2csc(C3CCCN3)n2)c1. The van der Waals surface area contributed by atoms with E-state index < -0.39 is 0 Å². The summed E-state index contributed by atoms with van der Waals surface area (Å²) >= 11 is 1.75. The van der Waals surface area contributed by atoms with Crippen LogP contribution in [-0.2, 0) is 6.42 Å². The van der Waals surface area contributed by atoms with Gasteiger partial charge in [0.1, 0.15) is 10.8 Å². The van der Waals surface area contributed by atoms with E-state index in [0.717, 1.165) is 24.4 Å². The summed E-state index contributed by atoms with van der Waals surface area (Å²) in [5, 5.41) is 6.83. The smallest absolute Gasteiger partial charge is 0.137 e. The van der Waals surface area contributed by atoms with Gasteiger partial charge < -0.3 is 10.1 Å². The molecule has 19 heavy (non-hydrogen) atoms. The molecule has 0 aliphatic carbocycles. The van der Waals surface area contributed by atoms with E-state index in [1.165, 1.54) is 17.8 Å². The molecular weight excluding hydrogens is 258 g/mol. The Morgan fingerprint density at radius 2 is 2.47 bits per heavy atom. The van der Waals surface area contributed by atoms with Crippen LogP contribution in [0, 0.1) is 0 Å². The van der Waals surface area contributed by atoms with Crippen molar-refractivity contribution in [1.29, 1.82) is 0 Å². The fraction of sp³-hybridized carbons (Fsp3) is 0.429. The zero-order valence-corrected chi connectivity index (χ0v) is 11.5. The summed E-state index contributed by atoms with van der Waals surface area (Å²) in [6.07, 6.45) is 6.78. The Labute approximate surface area is 116 Å². The molecular formula is C14H17N3OS.